The number of halogens is 5. The number of carbonyl (C=O) groups excluding carboxylic acids is 1. The molecule has 0 saturated heterocycles. The highest BCUT2D eigenvalue weighted by Crippen LogP contribution is 2.27. The fourth-order valence-corrected chi connectivity index (χ4v) is 2.93. The van der Waals surface area contributed by atoms with Crippen molar-refractivity contribution in [3.63, 3.8) is 0 Å². The van der Waals surface area contributed by atoms with Gasteiger partial charge < -0.3 is 4.74 Å². The Balaban J connectivity index is 1.84. The lowest BCUT2D eigenvalue weighted by Crippen LogP contribution is -2.14. The van der Waals surface area contributed by atoms with Gasteiger partial charge in [0.1, 0.15) is 22.9 Å². The Hall–Kier alpha value is -3.22. The Labute approximate surface area is 169 Å². The van der Waals surface area contributed by atoms with E-state index in [1.807, 2.05) is 12.1 Å². The Bertz CT molecular complexity index is 1030. The predicted octanol–water partition coefficient (Wildman–Crippen LogP) is 6.61. The van der Waals surface area contributed by atoms with Crippen molar-refractivity contribution in [1.82, 2.24) is 0 Å². The molecule has 3 aromatic rings. The van der Waals surface area contributed by atoms with E-state index in [0.29, 0.717) is 17.7 Å². The first kappa shape index (κ1) is 21.5. The van der Waals surface area contributed by atoms with E-state index in [-0.39, 0.29) is 5.56 Å². The monoisotopic (exact) mass is 420 g/mol. The van der Waals surface area contributed by atoms with Gasteiger partial charge in [0.2, 0.25) is 0 Å². The molecule has 0 radical (unpaired) electrons. The summed E-state index contributed by atoms with van der Waals surface area (Å²) in [7, 11) is 0. The maximum absolute atomic E-state index is 14.5. The Morgan fingerprint density at radius 2 is 1.37 bits per heavy atom. The molecule has 3 aromatic carbocycles. The van der Waals surface area contributed by atoms with E-state index in [9.17, 15) is 26.7 Å². The van der Waals surface area contributed by atoms with E-state index in [1.165, 1.54) is 0 Å². The van der Waals surface area contributed by atoms with Crippen LogP contribution in [0, 0.1) is 29.1 Å². The van der Waals surface area contributed by atoms with Crippen molar-refractivity contribution in [1.29, 1.82) is 0 Å². The molecule has 2 nitrogen and oxygen atoms in total. The number of ether oxygens (including phenoxy) is 1. The molecule has 0 aromatic heterocycles. The zero-order valence-corrected chi connectivity index (χ0v) is 15.9. The molecule has 0 fully saturated rings. The van der Waals surface area contributed by atoms with Crippen LogP contribution >= 0.6 is 0 Å². The zero-order valence-electron chi connectivity index (χ0n) is 15.9. The van der Waals surface area contributed by atoms with Gasteiger partial charge in [-0.2, -0.15) is 0 Å². The van der Waals surface area contributed by atoms with Crippen molar-refractivity contribution in [2.75, 3.05) is 0 Å². The van der Waals surface area contributed by atoms with Crippen LogP contribution in [0.3, 0.4) is 0 Å². The minimum Gasteiger partial charge on any atom is -0.423 e. The molecule has 0 heterocycles. The Morgan fingerprint density at radius 1 is 0.800 bits per heavy atom. The lowest BCUT2D eigenvalue weighted by Gasteiger charge is -2.10. The largest absolute Gasteiger partial charge is 0.423 e. The second-order valence-electron chi connectivity index (χ2n) is 6.71. The molecular weight excluding hydrogens is 403 g/mol. The van der Waals surface area contributed by atoms with Crippen molar-refractivity contribution < 1.29 is 31.5 Å². The van der Waals surface area contributed by atoms with E-state index < -0.39 is 46.4 Å². The number of benzene rings is 3. The summed E-state index contributed by atoms with van der Waals surface area (Å²) in [5.41, 5.74) is 0.835. The first-order chi connectivity index (χ1) is 14.3. The lowest BCUT2D eigenvalue weighted by atomic mass is 10.00. The van der Waals surface area contributed by atoms with E-state index >= 15 is 0 Å². The van der Waals surface area contributed by atoms with Gasteiger partial charge in [-0.3, -0.25) is 0 Å². The average Bonchev–Trinajstić information content (AvgIpc) is 2.70. The summed E-state index contributed by atoms with van der Waals surface area (Å²) in [6.07, 6.45) is 2.98. The summed E-state index contributed by atoms with van der Waals surface area (Å²) >= 11 is 0. The van der Waals surface area contributed by atoms with Gasteiger partial charge >= 0.3 is 5.97 Å². The Kier molecular flexibility index (Phi) is 6.50. The molecule has 0 amide bonds. The van der Waals surface area contributed by atoms with Gasteiger partial charge in [0.15, 0.2) is 17.5 Å². The van der Waals surface area contributed by atoms with Gasteiger partial charge in [0, 0.05) is 12.1 Å². The van der Waals surface area contributed by atoms with Crippen molar-refractivity contribution in [2.24, 2.45) is 0 Å². The van der Waals surface area contributed by atoms with Gasteiger partial charge in [0.05, 0.1) is 0 Å². The predicted molar refractivity (Wildman–Crippen MR) is 102 cm³/mol. The summed E-state index contributed by atoms with van der Waals surface area (Å²) in [4.78, 5) is 12.1. The maximum Gasteiger partial charge on any atom is 0.349 e. The number of hydrogen-bond acceptors (Lipinski definition) is 2. The molecule has 0 aliphatic heterocycles. The summed E-state index contributed by atoms with van der Waals surface area (Å²) in [6.45, 7) is 2.08. The number of hydrogen-bond donors (Lipinski definition) is 0. The van der Waals surface area contributed by atoms with Gasteiger partial charge in [-0.15, -0.1) is 0 Å². The summed E-state index contributed by atoms with van der Waals surface area (Å²) in [5, 5.41) is 0. The molecule has 0 saturated carbocycles. The van der Waals surface area contributed by atoms with Crippen molar-refractivity contribution >= 4 is 5.97 Å². The SMILES string of the molecule is CCCCc1ccc(-c2cc(F)c(C(=O)Oc3cc(F)c(F)c(F)c3)c(F)c2)cc1. The minimum absolute atomic E-state index is 0.211. The molecule has 3 rings (SSSR count). The summed E-state index contributed by atoms with van der Waals surface area (Å²) in [6, 6.07) is 9.91. The van der Waals surface area contributed by atoms with Crippen LogP contribution in [0.1, 0.15) is 35.7 Å². The van der Waals surface area contributed by atoms with Crippen molar-refractivity contribution in [2.45, 2.75) is 26.2 Å². The fourth-order valence-electron chi connectivity index (χ4n) is 2.93. The highest BCUT2D eigenvalue weighted by molar-refractivity contribution is 5.92. The molecule has 0 unspecified atom stereocenters. The van der Waals surface area contributed by atoms with E-state index in [1.54, 1.807) is 12.1 Å². The van der Waals surface area contributed by atoms with Crippen LogP contribution in [0.15, 0.2) is 48.5 Å². The summed E-state index contributed by atoms with van der Waals surface area (Å²) < 4.78 is 73.0. The highest BCUT2D eigenvalue weighted by Gasteiger charge is 2.22. The topological polar surface area (TPSA) is 26.3 Å². The van der Waals surface area contributed by atoms with Crippen LogP contribution in [0.2, 0.25) is 0 Å². The van der Waals surface area contributed by atoms with Crippen molar-refractivity contribution in [3.8, 4) is 16.9 Å². The molecule has 0 atom stereocenters. The Morgan fingerprint density at radius 3 is 1.90 bits per heavy atom. The molecule has 0 N–H and O–H groups in total. The number of carbonyl (C=O) groups is 1. The second-order valence-corrected chi connectivity index (χ2v) is 6.71. The molecule has 0 aliphatic rings. The smallest absolute Gasteiger partial charge is 0.349 e. The van der Waals surface area contributed by atoms with Gasteiger partial charge in [-0.25, -0.2) is 26.7 Å². The number of rotatable bonds is 6. The maximum atomic E-state index is 14.5. The third-order valence-corrected chi connectivity index (χ3v) is 4.52. The van der Waals surface area contributed by atoms with Crippen molar-refractivity contribution in [3.05, 3.63) is 88.7 Å². The molecule has 0 spiro atoms. The molecule has 0 aliphatic carbocycles. The molecular formula is C23H17F5O2. The first-order valence-corrected chi connectivity index (χ1v) is 9.25. The second kappa shape index (κ2) is 9.07. The number of unbranched alkanes of at least 4 members (excludes halogenated alkanes) is 1. The summed E-state index contributed by atoms with van der Waals surface area (Å²) in [5.74, 6) is -9.58. The molecule has 30 heavy (non-hydrogen) atoms. The van der Waals surface area contributed by atoms with Crippen LogP contribution in [0.25, 0.3) is 11.1 Å². The third-order valence-electron chi connectivity index (χ3n) is 4.52. The highest BCUT2D eigenvalue weighted by atomic mass is 19.2. The fraction of sp³-hybridized carbons (Fsp3) is 0.174. The van der Waals surface area contributed by atoms with Crippen LogP contribution in [-0.2, 0) is 6.42 Å². The molecule has 0 bridgehead atoms. The van der Waals surface area contributed by atoms with E-state index in [4.69, 9.17) is 0 Å². The van der Waals surface area contributed by atoms with Crippen LogP contribution in [0.4, 0.5) is 22.0 Å². The quantitative estimate of drug-likeness (QED) is 0.194. The normalized spacial score (nSPS) is 10.9. The van der Waals surface area contributed by atoms with Crippen LogP contribution in [0.5, 0.6) is 5.75 Å². The molecule has 7 heteroatoms. The van der Waals surface area contributed by atoms with Crippen LogP contribution in [-0.4, -0.2) is 5.97 Å². The van der Waals surface area contributed by atoms with Gasteiger partial charge in [0.25, 0.3) is 0 Å². The number of esters is 1. The third kappa shape index (κ3) is 4.67. The standard InChI is InChI=1S/C23H17F5O2/c1-2-3-4-13-5-7-14(8-6-13)15-9-17(24)21(18(25)10-15)23(29)30-16-11-19(26)22(28)20(27)12-16/h5-12H,2-4H2,1H3. The lowest BCUT2D eigenvalue weighted by molar-refractivity contribution is 0.0723. The van der Waals surface area contributed by atoms with Gasteiger partial charge in [-0.1, -0.05) is 37.6 Å². The minimum atomic E-state index is -1.75. The zero-order chi connectivity index (χ0) is 21.8. The van der Waals surface area contributed by atoms with E-state index in [2.05, 4.69) is 11.7 Å². The average molecular weight is 420 g/mol. The van der Waals surface area contributed by atoms with Gasteiger partial charge in [-0.05, 0) is 41.7 Å². The number of aryl methyl sites for hydroxylation is 1. The molecule has 156 valence electrons. The first-order valence-electron chi connectivity index (χ1n) is 9.25. The van der Waals surface area contributed by atoms with Crippen LogP contribution < -0.4 is 4.74 Å². The van der Waals surface area contributed by atoms with E-state index in [0.717, 1.165) is 37.0 Å².